The molecule has 0 aromatic carbocycles. The lowest BCUT2D eigenvalue weighted by Crippen LogP contribution is -2.30. The second-order valence-corrected chi connectivity index (χ2v) is 3.99. The zero-order chi connectivity index (χ0) is 10.4. The average molecular weight is 187 g/mol. The summed E-state index contributed by atoms with van der Waals surface area (Å²) < 4.78 is 0. The van der Waals surface area contributed by atoms with Crippen LogP contribution in [0.3, 0.4) is 0 Å². The van der Waals surface area contributed by atoms with Crippen LogP contribution in [-0.2, 0) is 4.79 Å². The SMILES string of the molecule is CC[C@H](C)[C@@H](N)C[C@@H](C)CC(=O)O. The number of hydrogen-bond acceptors (Lipinski definition) is 2. The van der Waals surface area contributed by atoms with Gasteiger partial charge in [0.1, 0.15) is 0 Å². The molecule has 0 aliphatic carbocycles. The lowest BCUT2D eigenvalue weighted by molar-refractivity contribution is -0.138. The van der Waals surface area contributed by atoms with Crippen LogP contribution in [-0.4, -0.2) is 17.1 Å². The Morgan fingerprint density at radius 3 is 2.38 bits per heavy atom. The van der Waals surface area contributed by atoms with Gasteiger partial charge in [-0.1, -0.05) is 27.2 Å². The van der Waals surface area contributed by atoms with Gasteiger partial charge < -0.3 is 10.8 Å². The van der Waals surface area contributed by atoms with E-state index in [1.54, 1.807) is 0 Å². The molecule has 0 fully saturated rings. The van der Waals surface area contributed by atoms with E-state index in [4.69, 9.17) is 10.8 Å². The van der Waals surface area contributed by atoms with Crippen LogP contribution in [0.15, 0.2) is 0 Å². The van der Waals surface area contributed by atoms with Gasteiger partial charge in [-0.15, -0.1) is 0 Å². The van der Waals surface area contributed by atoms with E-state index in [-0.39, 0.29) is 18.4 Å². The summed E-state index contributed by atoms with van der Waals surface area (Å²) in [6.07, 6.45) is 2.09. The molecule has 0 aliphatic heterocycles. The third-order valence-electron chi connectivity index (χ3n) is 2.57. The largest absolute Gasteiger partial charge is 0.481 e. The first-order valence-corrected chi connectivity index (χ1v) is 4.94. The highest BCUT2D eigenvalue weighted by atomic mass is 16.4. The van der Waals surface area contributed by atoms with E-state index in [9.17, 15) is 4.79 Å². The van der Waals surface area contributed by atoms with E-state index in [0.717, 1.165) is 12.8 Å². The number of hydrogen-bond donors (Lipinski definition) is 2. The Morgan fingerprint density at radius 1 is 1.46 bits per heavy atom. The van der Waals surface area contributed by atoms with E-state index in [1.807, 2.05) is 6.92 Å². The minimum absolute atomic E-state index is 0.138. The van der Waals surface area contributed by atoms with Gasteiger partial charge in [-0.25, -0.2) is 0 Å². The van der Waals surface area contributed by atoms with Crippen LogP contribution >= 0.6 is 0 Å². The van der Waals surface area contributed by atoms with Crippen molar-refractivity contribution in [3.05, 3.63) is 0 Å². The molecule has 0 saturated heterocycles. The first kappa shape index (κ1) is 12.4. The Kier molecular flexibility index (Phi) is 5.71. The molecule has 0 unspecified atom stereocenters. The molecular weight excluding hydrogens is 166 g/mol. The van der Waals surface area contributed by atoms with Crippen LogP contribution in [0, 0.1) is 11.8 Å². The minimum Gasteiger partial charge on any atom is -0.481 e. The Hall–Kier alpha value is -0.570. The van der Waals surface area contributed by atoms with Crippen LogP contribution in [0.2, 0.25) is 0 Å². The van der Waals surface area contributed by atoms with E-state index < -0.39 is 5.97 Å². The second-order valence-electron chi connectivity index (χ2n) is 3.99. The number of nitrogens with two attached hydrogens (primary N) is 1. The lowest BCUT2D eigenvalue weighted by atomic mass is 9.90. The highest BCUT2D eigenvalue weighted by Gasteiger charge is 2.16. The van der Waals surface area contributed by atoms with E-state index >= 15 is 0 Å². The van der Waals surface area contributed by atoms with Gasteiger partial charge in [-0.3, -0.25) is 4.79 Å². The zero-order valence-corrected chi connectivity index (χ0v) is 8.79. The van der Waals surface area contributed by atoms with E-state index in [2.05, 4.69) is 13.8 Å². The third kappa shape index (κ3) is 5.64. The number of carboxylic acids is 1. The zero-order valence-electron chi connectivity index (χ0n) is 8.79. The van der Waals surface area contributed by atoms with E-state index in [1.165, 1.54) is 0 Å². The fourth-order valence-corrected chi connectivity index (χ4v) is 1.38. The summed E-state index contributed by atoms with van der Waals surface area (Å²) in [4.78, 5) is 10.4. The standard InChI is InChI=1S/C10H21NO2/c1-4-8(3)9(11)5-7(2)6-10(12)13/h7-9H,4-6,11H2,1-3H3,(H,12,13)/t7-,8+,9+/m1/s1. The monoisotopic (exact) mass is 187 g/mol. The van der Waals surface area contributed by atoms with Gasteiger partial charge >= 0.3 is 5.97 Å². The molecule has 3 N–H and O–H groups in total. The third-order valence-corrected chi connectivity index (χ3v) is 2.57. The van der Waals surface area contributed by atoms with E-state index in [0.29, 0.717) is 5.92 Å². The molecule has 0 aliphatic rings. The molecule has 0 rings (SSSR count). The molecule has 3 atom stereocenters. The Morgan fingerprint density at radius 2 is 2.00 bits per heavy atom. The molecule has 3 heteroatoms. The molecule has 0 bridgehead atoms. The topological polar surface area (TPSA) is 63.3 Å². The summed E-state index contributed by atoms with van der Waals surface area (Å²) in [6, 6.07) is 0.138. The van der Waals surface area contributed by atoms with Crippen LogP contribution in [0.5, 0.6) is 0 Å². The summed E-state index contributed by atoms with van der Waals surface area (Å²) in [7, 11) is 0. The van der Waals surface area contributed by atoms with Crippen LogP contribution < -0.4 is 5.73 Å². The number of carbonyl (C=O) groups is 1. The molecule has 0 saturated carbocycles. The molecule has 0 amide bonds. The minimum atomic E-state index is -0.733. The van der Waals surface area contributed by atoms with Crippen molar-refractivity contribution in [3.63, 3.8) is 0 Å². The first-order chi connectivity index (χ1) is 5.97. The molecule has 78 valence electrons. The molecule has 0 heterocycles. The summed E-state index contributed by atoms with van der Waals surface area (Å²) >= 11 is 0. The fourth-order valence-electron chi connectivity index (χ4n) is 1.38. The van der Waals surface area contributed by atoms with Crippen molar-refractivity contribution in [2.45, 2.75) is 46.1 Å². The van der Waals surface area contributed by atoms with Gasteiger partial charge in [0, 0.05) is 12.5 Å². The fraction of sp³-hybridized carbons (Fsp3) is 0.900. The summed E-state index contributed by atoms with van der Waals surface area (Å²) in [6.45, 7) is 6.15. The summed E-state index contributed by atoms with van der Waals surface area (Å²) in [5.41, 5.74) is 5.91. The highest BCUT2D eigenvalue weighted by molar-refractivity contribution is 5.66. The predicted molar refractivity (Wildman–Crippen MR) is 53.5 cm³/mol. The molecule has 3 nitrogen and oxygen atoms in total. The van der Waals surface area contributed by atoms with Crippen molar-refractivity contribution in [1.82, 2.24) is 0 Å². The molecule has 0 radical (unpaired) electrons. The average Bonchev–Trinajstić information content (AvgIpc) is 2.01. The van der Waals surface area contributed by atoms with Gasteiger partial charge in [-0.05, 0) is 18.3 Å². The Bertz CT molecular complexity index is 159. The summed E-state index contributed by atoms with van der Waals surface area (Å²) in [5, 5.41) is 8.55. The normalized spacial score (nSPS) is 17.8. The predicted octanol–water partition coefficient (Wildman–Crippen LogP) is 1.86. The second kappa shape index (κ2) is 5.97. The Labute approximate surface area is 80.3 Å². The maximum atomic E-state index is 10.4. The van der Waals surface area contributed by atoms with Gasteiger partial charge in [0.05, 0.1) is 0 Å². The van der Waals surface area contributed by atoms with Crippen LogP contribution in [0.1, 0.15) is 40.0 Å². The van der Waals surface area contributed by atoms with Crippen molar-refractivity contribution in [1.29, 1.82) is 0 Å². The van der Waals surface area contributed by atoms with Crippen molar-refractivity contribution in [2.75, 3.05) is 0 Å². The molecule has 0 aromatic heterocycles. The number of aliphatic carboxylic acids is 1. The Balaban J connectivity index is 3.76. The van der Waals surface area contributed by atoms with Gasteiger partial charge in [0.25, 0.3) is 0 Å². The number of rotatable bonds is 6. The van der Waals surface area contributed by atoms with Gasteiger partial charge in [0.2, 0.25) is 0 Å². The number of carboxylic acid groups (broad SMARTS) is 1. The first-order valence-electron chi connectivity index (χ1n) is 4.94. The maximum absolute atomic E-state index is 10.4. The molecular formula is C10H21NO2. The van der Waals surface area contributed by atoms with Crippen molar-refractivity contribution in [3.8, 4) is 0 Å². The van der Waals surface area contributed by atoms with Crippen molar-refractivity contribution >= 4 is 5.97 Å². The maximum Gasteiger partial charge on any atom is 0.303 e. The smallest absolute Gasteiger partial charge is 0.303 e. The molecule has 13 heavy (non-hydrogen) atoms. The van der Waals surface area contributed by atoms with Crippen LogP contribution in [0.4, 0.5) is 0 Å². The quantitative estimate of drug-likeness (QED) is 0.667. The van der Waals surface area contributed by atoms with Crippen molar-refractivity contribution in [2.24, 2.45) is 17.6 Å². The summed E-state index contributed by atoms with van der Waals surface area (Å²) in [5.74, 6) is -0.0680. The highest BCUT2D eigenvalue weighted by Crippen LogP contribution is 2.16. The van der Waals surface area contributed by atoms with Gasteiger partial charge in [0.15, 0.2) is 0 Å². The molecule has 0 spiro atoms. The van der Waals surface area contributed by atoms with Crippen LogP contribution in [0.25, 0.3) is 0 Å². The van der Waals surface area contributed by atoms with Gasteiger partial charge in [-0.2, -0.15) is 0 Å². The van der Waals surface area contributed by atoms with Crippen molar-refractivity contribution < 1.29 is 9.90 Å². The lowest BCUT2D eigenvalue weighted by Gasteiger charge is -2.21. The molecule has 0 aromatic rings.